The third kappa shape index (κ3) is 6.26. The zero-order valence-electron chi connectivity index (χ0n) is 8.55. The Morgan fingerprint density at radius 3 is 2.47 bits per heavy atom. The van der Waals surface area contributed by atoms with Crippen molar-refractivity contribution >= 4 is 12.4 Å². The van der Waals surface area contributed by atoms with Crippen LogP contribution in [0.25, 0.3) is 0 Å². The van der Waals surface area contributed by atoms with E-state index in [0.29, 0.717) is 13.0 Å². The highest BCUT2D eigenvalue weighted by Crippen LogP contribution is 2.00. The summed E-state index contributed by atoms with van der Waals surface area (Å²) in [6.45, 7) is 2.26. The lowest BCUT2D eigenvalue weighted by molar-refractivity contribution is -0.142. The van der Waals surface area contributed by atoms with Crippen molar-refractivity contribution in [3.8, 4) is 0 Å². The molecule has 1 aliphatic rings. The molecule has 0 radical (unpaired) electrons. The number of rotatable bonds is 3. The van der Waals surface area contributed by atoms with Crippen LogP contribution < -0.4 is 0 Å². The van der Waals surface area contributed by atoms with Gasteiger partial charge in [-0.3, -0.25) is 4.79 Å². The van der Waals surface area contributed by atoms with Gasteiger partial charge in [-0.05, 0) is 17.6 Å². The fourth-order valence-electron chi connectivity index (χ4n) is 0.975. The number of oxime groups is 1. The number of hydrogen-bond donors (Lipinski definition) is 0. The van der Waals surface area contributed by atoms with Gasteiger partial charge in [0.1, 0.15) is 0 Å². The second-order valence-electron chi connectivity index (χ2n) is 2.78. The van der Waals surface area contributed by atoms with E-state index < -0.39 is 0 Å². The SMILES string of the molecule is C1=NO1.CCOC(=O)Cc1ccccc1. The molecular formula is C11H13NO3. The maximum absolute atomic E-state index is 11.0. The van der Waals surface area contributed by atoms with Gasteiger partial charge < -0.3 is 9.57 Å². The summed E-state index contributed by atoms with van der Waals surface area (Å²) in [7, 11) is 0. The summed E-state index contributed by atoms with van der Waals surface area (Å²) in [5.41, 5.74) is 0.996. The molecule has 0 saturated heterocycles. The fourth-order valence-corrected chi connectivity index (χ4v) is 0.975. The first-order valence-corrected chi connectivity index (χ1v) is 4.70. The van der Waals surface area contributed by atoms with Crippen LogP contribution in [0.5, 0.6) is 0 Å². The summed E-state index contributed by atoms with van der Waals surface area (Å²) < 4.78 is 4.81. The summed E-state index contributed by atoms with van der Waals surface area (Å²) in [5, 5.41) is 3.12. The van der Waals surface area contributed by atoms with Crippen molar-refractivity contribution in [2.45, 2.75) is 13.3 Å². The predicted molar refractivity (Wildman–Crippen MR) is 56.4 cm³/mol. The number of benzene rings is 1. The molecule has 0 spiro atoms. The summed E-state index contributed by atoms with van der Waals surface area (Å²) in [4.78, 5) is 15.0. The van der Waals surface area contributed by atoms with Crippen LogP contribution in [0.1, 0.15) is 12.5 Å². The van der Waals surface area contributed by atoms with Crippen LogP contribution in [0, 0.1) is 0 Å². The van der Waals surface area contributed by atoms with E-state index in [0.717, 1.165) is 5.56 Å². The van der Waals surface area contributed by atoms with E-state index in [2.05, 4.69) is 9.99 Å². The second kappa shape index (κ2) is 6.59. The van der Waals surface area contributed by atoms with Gasteiger partial charge >= 0.3 is 5.97 Å². The summed E-state index contributed by atoms with van der Waals surface area (Å²) in [6.07, 6.45) is 1.74. The molecule has 0 aliphatic carbocycles. The summed E-state index contributed by atoms with van der Waals surface area (Å²) in [6, 6.07) is 9.58. The van der Waals surface area contributed by atoms with E-state index >= 15 is 0 Å². The molecule has 0 unspecified atom stereocenters. The second-order valence-corrected chi connectivity index (χ2v) is 2.78. The average molecular weight is 207 g/mol. The highest BCUT2D eigenvalue weighted by atomic mass is 16.7. The van der Waals surface area contributed by atoms with Gasteiger partial charge in [0.15, 0.2) is 0 Å². The quantitative estimate of drug-likeness (QED) is 0.709. The van der Waals surface area contributed by atoms with E-state index in [4.69, 9.17) is 4.74 Å². The van der Waals surface area contributed by atoms with Crippen molar-refractivity contribution in [1.82, 2.24) is 0 Å². The van der Waals surface area contributed by atoms with Crippen molar-refractivity contribution in [3.63, 3.8) is 0 Å². The molecule has 1 aromatic carbocycles. The zero-order chi connectivity index (χ0) is 10.9. The molecule has 0 bridgehead atoms. The van der Waals surface area contributed by atoms with Gasteiger partial charge in [-0.15, -0.1) is 0 Å². The monoisotopic (exact) mass is 207 g/mol. The largest absolute Gasteiger partial charge is 0.466 e. The minimum absolute atomic E-state index is 0.163. The molecule has 2 rings (SSSR count). The number of hydrogen-bond acceptors (Lipinski definition) is 4. The van der Waals surface area contributed by atoms with Gasteiger partial charge in [-0.2, -0.15) is 0 Å². The molecule has 80 valence electrons. The zero-order valence-corrected chi connectivity index (χ0v) is 8.55. The van der Waals surface area contributed by atoms with Gasteiger partial charge in [0, 0.05) is 0 Å². The van der Waals surface area contributed by atoms with Gasteiger partial charge in [-0.25, -0.2) is 0 Å². The minimum atomic E-state index is -0.163. The van der Waals surface area contributed by atoms with Crippen LogP contribution >= 0.6 is 0 Å². The Morgan fingerprint density at radius 1 is 1.40 bits per heavy atom. The molecule has 4 heteroatoms. The normalized spacial score (nSPS) is 10.7. The van der Waals surface area contributed by atoms with Gasteiger partial charge in [0.05, 0.1) is 13.0 Å². The Morgan fingerprint density at radius 2 is 2.00 bits per heavy atom. The maximum atomic E-state index is 11.0. The van der Waals surface area contributed by atoms with E-state index in [1.807, 2.05) is 37.3 Å². The fraction of sp³-hybridized carbons (Fsp3) is 0.273. The number of esters is 1. The number of ether oxygens (including phenoxy) is 1. The lowest BCUT2D eigenvalue weighted by Gasteiger charge is -2.00. The van der Waals surface area contributed by atoms with Crippen LogP contribution in [0.2, 0.25) is 0 Å². The van der Waals surface area contributed by atoms with Gasteiger partial charge in [0.2, 0.25) is 6.40 Å². The van der Waals surface area contributed by atoms with Gasteiger partial charge in [-0.1, -0.05) is 30.3 Å². The lowest BCUT2D eigenvalue weighted by Crippen LogP contribution is -2.06. The maximum Gasteiger partial charge on any atom is 0.310 e. The molecule has 15 heavy (non-hydrogen) atoms. The Labute approximate surface area is 88.5 Å². The minimum Gasteiger partial charge on any atom is -0.466 e. The molecular weight excluding hydrogens is 194 g/mol. The Hall–Kier alpha value is -1.84. The topological polar surface area (TPSA) is 51.2 Å². The van der Waals surface area contributed by atoms with E-state index in [9.17, 15) is 4.79 Å². The molecule has 0 fully saturated rings. The highest BCUT2D eigenvalue weighted by Gasteiger charge is 2.01. The van der Waals surface area contributed by atoms with E-state index in [1.54, 1.807) is 0 Å². The van der Waals surface area contributed by atoms with E-state index in [1.165, 1.54) is 6.40 Å². The van der Waals surface area contributed by atoms with Crippen LogP contribution in [-0.4, -0.2) is 19.0 Å². The molecule has 1 aromatic rings. The predicted octanol–water partition coefficient (Wildman–Crippen LogP) is 1.75. The first kappa shape index (κ1) is 11.2. The van der Waals surface area contributed by atoms with Crippen LogP contribution in [0.3, 0.4) is 0 Å². The van der Waals surface area contributed by atoms with Crippen molar-refractivity contribution in [1.29, 1.82) is 0 Å². The van der Waals surface area contributed by atoms with Crippen molar-refractivity contribution < 1.29 is 14.4 Å². The third-order valence-corrected chi connectivity index (χ3v) is 1.60. The Kier molecular flexibility index (Phi) is 4.94. The van der Waals surface area contributed by atoms with Crippen LogP contribution in [0.15, 0.2) is 35.5 Å². The highest BCUT2D eigenvalue weighted by molar-refractivity contribution is 5.72. The molecule has 0 atom stereocenters. The van der Waals surface area contributed by atoms with Gasteiger partial charge in [0.25, 0.3) is 0 Å². The standard InChI is InChI=1S/C10H12O2.CHNO/c1-2-12-10(11)8-9-6-4-3-5-7-9;1-2-3-1/h3-7H,2,8H2,1H3;1H. The first-order valence-electron chi connectivity index (χ1n) is 4.70. The number of nitrogens with zero attached hydrogens (tertiary/aromatic N) is 1. The number of carbonyl (C=O) groups is 1. The third-order valence-electron chi connectivity index (χ3n) is 1.60. The summed E-state index contributed by atoms with van der Waals surface area (Å²) >= 11 is 0. The van der Waals surface area contributed by atoms with Crippen LogP contribution in [0.4, 0.5) is 0 Å². The molecule has 4 nitrogen and oxygen atoms in total. The Bertz CT molecular complexity index is 318. The molecule has 0 aromatic heterocycles. The average Bonchev–Trinajstić information content (AvgIpc) is 3.06. The van der Waals surface area contributed by atoms with Crippen molar-refractivity contribution in [3.05, 3.63) is 35.9 Å². The molecule has 1 aliphatic heterocycles. The van der Waals surface area contributed by atoms with Crippen molar-refractivity contribution in [2.75, 3.05) is 6.61 Å². The summed E-state index contributed by atoms with van der Waals surface area (Å²) in [5.74, 6) is -0.163. The molecule has 0 N–H and O–H groups in total. The van der Waals surface area contributed by atoms with Crippen molar-refractivity contribution in [2.24, 2.45) is 5.16 Å². The molecule has 0 saturated carbocycles. The molecule has 1 heterocycles. The lowest BCUT2D eigenvalue weighted by atomic mass is 10.2. The smallest absolute Gasteiger partial charge is 0.310 e. The Balaban J connectivity index is 0.000000319. The number of carbonyl (C=O) groups excluding carboxylic acids is 1. The molecule has 0 amide bonds. The first-order chi connectivity index (χ1) is 7.33. The van der Waals surface area contributed by atoms with Crippen LogP contribution in [-0.2, 0) is 20.8 Å². The van der Waals surface area contributed by atoms with E-state index in [-0.39, 0.29) is 5.97 Å².